The van der Waals surface area contributed by atoms with E-state index in [1.54, 1.807) is 0 Å². The van der Waals surface area contributed by atoms with Crippen LogP contribution < -0.4 is 5.32 Å². The minimum absolute atomic E-state index is 0.0602. The van der Waals surface area contributed by atoms with Crippen LogP contribution in [0.25, 0.3) is 0 Å². The first-order chi connectivity index (χ1) is 5.24. The van der Waals surface area contributed by atoms with Crippen molar-refractivity contribution in [1.29, 1.82) is 5.53 Å². The van der Waals surface area contributed by atoms with Crippen LogP contribution in [0, 0.1) is 5.53 Å². The summed E-state index contributed by atoms with van der Waals surface area (Å²) in [5.41, 5.74) is 6.44. The van der Waals surface area contributed by atoms with Crippen LogP contribution in [0.5, 0.6) is 0 Å². The predicted molar refractivity (Wildman–Crippen MR) is 34.1 cm³/mol. The van der Waals surface area contributed by atoms with Crippen LogP contribution in [0.4, 0.5) is 0 Å². The average Bonchev–Trinajstić information content (AvgIpc) is 2.03. The van der Waals surface area contributed by atoms with Crippen LogP contribution in [0.1, 0.15) is 0 Å². The molecule has 0 aromatic carbocycles. The zero-order valence-corrected chi connectivity index (χ0v) is 5.48. The number of hydrogen-bond donors (Lipinski definition) is 3. The van der Waals surface area contributed by atoms with Gasteiger partial charge in [-0.05, 0) is 0 Å². The molecule has 1 aliphatic rings. The Hall–Kier alpha value is -1.69. The van der Waals surface area contributed by atoms with Crippen molar-refractivity contribution >= 4 is 5.91 Å². The van der Waals surface area contributed by atoms with Crippen molar-refractivity contribution in [3.8, 4) is 0 Å². The summed E-state index contributed by atoms with van der Waals surface area (Å²) in [4.78, 5) is 10.7. The van der Waals surface area contributed by atoms with Gasteiger partial charge >= 0.3 is 5.91 Å². The molecule has 1 heterocycles. The van der Waals surface area contributed by atoms with E-state index in [1.807, 2.05) is 0 Å². The molecule has 0 aromatic heterocycles. The van der Waals surface area contributed by atoms with E-state index < -0.39 is 5.91 Å². The van der Waals surface area contributed by atoms with Crippen molar-refractivity contribution < 1.29 is 10.0 Å². The molecular formula is C5H6N4O2. The summed E-state index contributed by atoms with van der Waals surface area (Å²) in [6.07, 6.45) is 3.79. The highest BCUT2D eigenvalue weighted by Gasteiger charge is 2.09. The van der Waals surface area contributed by atoms with Gasteiger partial charge in [-0.25, -0.2) is 10.6 Å². The molecule has 1 amide bonds. The maximum atomic E-state index is 10.7. The first-order valence-electron chi connectivity index (χ1n) is 2.78. The van der Waals surface area contributed by atoms with E-state index in [9.17, 15) is 4.79 Å². The van der Waals surface area contributed by atoms with Gasteiger partial charge in [0.15, 0.2) is 0 Å². The van der Waals surface area contributed by atoms with E-state index in [2.05, 4.69) is 10.4 Å². The first kappa shape index (κ1) is 7.42. The zero-order valence-electron chi connectivity index (χ0n) is 5.48. The summed E-state index contributed by atoms with van der Waals surface area (Å²) < 4.78 is 0. The fourth-order valence-electron chi connectivity index (χ4n) is 0.593. The fourth-order valence-corrected chi connectivity index (χ4v) is 0.593. The van der Waals surface area contributed by atoms with Crippen LogP contribution in [-0.4, -0.2) is 16.2 Å². The van der Waals surface area contributed by atoms with Crippen LogP contribution in [0.15, 0.2) is 29.4 Å². The third-order valence-corrected chi connectivity index (χ3v) is 1.06. The maximum absolute atomic E-state index is 10.7. The van der Waals surface area contributed by atoms with Gasteiger partial charge in [-0.1, -0.05) is 0 Å². The first-order valence-corrected chi connectivity index (χ1v) is 2.78. The van der Waals surface area contributed by atoms with Gasteiger partial charge in [0.1, 0.15) is 5.70 Å². The van der Waals surface area contributed by atoms with Crippen LogP contribution in [0.2, 0.25) is 0 Å². The molecule has 0 unspecified atom stereocenters. The summed E-state index contributed by atoms with van der Waals surface area (Å²) in [5, 5.41) is 14.7. The van der Waals surface area contributed by atoms with Crippen molar-refractivity contribution in [3.05, 3.63) is 24.3 Å². The van der Waals surface area contributed by atoms with E-state index >= 15 is 0 Å². The highest BCUT2D eigenvalue weighted by molar-refractivity contribution is 5.93. The molecule has 11 heavy (non-hydrogen) atoms. The lowest BCUT2D eigenvalue weighted by molar-refractivity contribution is -0.115. The number of hydroxylamine groups is 2. The van der Waals surface area contributed by atoms with Gasteiger partial charge < -0.3 is 5.32 Å². The highest BCUT2D eigenvalue weighted by Crippen LogP contribution is 2.00. The minimum atomic E-state index is -0.728. The molecule has 0 fully saturated rings. The maximum Gasteiger partial charge on any atom is 0.312 e. The van der Waals surface area contributed by atoms with Crippen molar-refractivity contribution in [1.82, 2.24) is 10.4 Å². The largest absolute Gasteiger partial charge is 0.354 e. The monoisotopic (exact) mass is 154 g/mol. The molecule has 0 radical (unpaired) electrons. The third kappa shape index (κ3) is 1.62. The second kappa shape index (κ2) is 2.93. The van der Waals surface area contributed by atoms with E-state index in [1.165, 1.54) is 12.4 Å². The molecule has 0 aromatic rings. The Morgan fingerprint density at radius 3 is 3.09 bits per heavy atom. The van der Waals surface area contributed by atoms with Gasteiger partial charge in [-0.3, -0.25) is 10.0 Å². The average molecular weight is 154 g/mol. The number of hydrogen-bond acceptors (Lipinski definition) is 5. The van der Waals surface area contributed by atoms with Gasteiger partial charge in [-0.2, -0.15) is 0 Å². The Labute approximate surface area is 62.3 Å². The standard InChI is InChI=1S/C5H6N4O2/c6-8-5(10)4-3-9(11)2-1-7-4/h1-3,6-7,11H. The number of carbonyl (C=O) groups is 1. The molecule has 58 valence electrons. The van der Waals surface area contributed by atoms with Crippen molar-refractivity contribution in [2.45, 2.75) is 0 Å². The molecule has 0 spiro atoms. The second-order valence-corrected chi connectivity index (χ2v) is 1.80. The van der Waals surface area contributed by atoms with E-state index in [4.69, 9.17) is 10.7 Å². The molecule has 3 N–H and O–H groups in total. The molecule has 0 saturated carbocycles. The number of amides is 1. The van der Waals surface area contributed by atoms with Gasteiger partial charge in [-0.15, -0.1) is 5.11 Å². The third-order valence-electron chi connectivity index (χ3n) is 1.06. The summed E-state index contributed by atoms with van der Waals surface area (Å²) in [6.45, 7) is 0. The molecule has 1 rings (SSSR count). The minimum Gasteiger partial charge on any atom is -0.354 e. The lowest BCUT2D eigenvalue weighted by Crippen LogP contribution is -2.21. The van der Waals surface area contributed by atoms with Gasteiger partial charge in [0.05, 0.1) is 6.20 Å². The Morgan fingerprint density at radius 1 is 1.82 bits per heavy atom. The SMILES string of the molecule is N=NC(=O)C1=CN(O)C=CN1. The van der Waals surface area contributed by atoms with Crippen molar-refractivity contribution in [2.24, 2.45) is 5.11 Å². The Bertz CT molecular complexity index is 245. The molecule has 6 nitrogen and oxygen atoms in total. The van der Waals surface area contributed by atoms with Gasteiger partial charge in [0.25, 0.3) is 0 Å². The Kier molecular flexibility index (Phi) is 1.98. The second-order valence-electron chi connectivity index (χ2n) is 1.80. The lowest BCUT2D eigenvalue weighted by atomic mass is 10.4. The van der Waals surface area contributed by atoms with E-state index in [-0.39, 0.29) is 5.70 Å². The number of nitrogens with one attached hydrogen (secondary N) is 2. The number of rotatable bonds is 1. The molecule has 0 bridgehead atoms. The van der Waals surface area contributed by atoms with Gasteiger partial charge in [0.2, 0.25) is 0 Å². The van der Waals surface area contributed by atoms with Crippen LogP contribution in [0.3, 0.4) is 0 Å². The molecular weight excluding hydrogens is 148 g/mol. The van der Waals surface area contributed by atoms with Crippen LogP contribution >= 0.6 is 0 Å². The summed E-state index contributed by atoms with van der Waals surface area (Å²) in [5.74, 6) is -0.728. The predicted octanol–water partition coefficient (Wildman–Crippen LogP) is 0.151. The molecule has 6 heteroatoms. The van der Waals surface area contributed by atoms with Crippen molar-refractivity contribution in [3.63, 3.8) is 0 Å². The normalized spacial score (nSPS) is 15.4. The molecule has 0 aliphatic carbocycles. The summed E-state index contributed by atoms with van der Waals surface area (Å²) in [6, 6.07) is 0. The molecule has 0 saturated heterocycles. The summed E-state index contributed by atoms with van der Waals surface area (Å²) in [7, 11) is 0. The van der Waals surface area contributed by atoms with Crippen molar-refractivity contribution in [2.75, 3.05) is 0 Å². The highest BCUT2D eigenvalue weighted by atomic mass is 16.5. The Morgan fingerprint density at radius 2 is 2.55 bits per heavy atom. The fraction of sp³-hybridized carbons (Fsp3) is 0. The quantitative estimate of drug-likeness (QED) is 0.469. The number of nitrogens with zero attached hydrogens (tertiary/aromatic N) is 2. The number of carbonyl (C=O) groups excluding carboxylic acids is 1. The molecule has 0 atom stereocenters. The summed E-state index contributed by atoms with van der Waals surface area (Å²) >= 11 is 0. The zero-order chi connectivity index (χ0) is 8.27. The lowest BCUT2D eigenvalue weighted by Gasteiger charge is -2.12. The molecule has 1 aliphatic heterocycles. The van der Waals surface area contributed by atoms with E-state index in [0.29, 0.717) is 5.06 Å². The topological polar surface area (TPSA) is 88.8 Å². The smallest absolute Gasteiger partial charge is 0.312 e. The van der Waals surface area contributed by atoms with E-state index in [0.717, 1.165) is 6.20 Å². The van der Waals surface area contributed by atoms with Crippen LogP contribution in [-0.2, 0) is 4.79 Å². The van der Waals surface area contributed by atoms with Gasteiger partial charge in [0, 0.05) is 12.4 Å². The Balaban J connectivity index is 2.74.